The van der Waals surface area contributed by atoms with Crippen LogP contribution in [0.25, 0.3) is 0 Å². The van der Waals surface area contributed by atoms with Gasteiger partial charge in [0, 0.05) is 6.42 Å². The summed E-state index contributed by atoms with van der Waals surface area (Å²) in [7, 11) is 0. The van der Waals surface area contributed by atoms with Gasteiger partial charge in [0.15, 0.2) is 0 Å². The lowest BCUT2D eigenvalue weighted by molar-refractivity contribution is -0.124. The van der Waals surface area contributed by atoms with Gasteiger partial charge in [0.1, 0.15) is 0 Å². The fraction of sp³-hybridized carbons (Fsp3) is 0.917. The molecule has 0 aromatic carbocycles. The number of hydrogen-bond donors (Lipinski definition) is 3. The molecule has 2 rings (SSSR count). The van der Waals surface area contributed by atoms with E-state index in [0.717, 1.165) is 38.8 Å². The molecule has 17 heavy (non-hydrogen) atoms. The van der Waals surface area contributed by atoms with Crippen LogP contribution in [0.15, 0.2) is 0 Å². The van der Waals surface area contributed by atoms with Gasteiger partial charge in [0.05, 0.1) is 24.9 Å². The summed E-state index contributed by atoms with van der Waals surface area (Å²) in [6.45, 7) is 2.54. The molecule has 0 radical (unpaired) electrons. The minimum absolute atomic E-state index is 0.00881. The van der Waals surface area contributed by atoms with Crippen molar-refractivity contribution in [1.82, 2.24) is 10.6 Å². The van der Waals surface area contributed by atoms with Crippen LogP contribution in [0.2, 0.25) is 0 Å². The predicted molar refractivity (Wildman–Crippen MR) is 63.7 cm³/mol. The van der Waals surface area contributed by atoms with Gasteiger partial charge in [-0.2, -0.15) is 0 Å². The number of amides is 1. The van der Waals surface area contributed by atoms with Crippen LogP contribution in [0.4, 0.5) is 0 Å². The van der Waals surface area contributed by atoms with Crippen molar-refractivity contribution in [3.8, 4) is 0 Å². The highest BCUT2D eigenvalue weighted by atomic mass is 16.5. The SMILES string of the molecule is O=C(CCOC1CCNCC1)NC1(CO)CC1. The second kappa shape index (κ2) is 5.80. The van der Waals surface area contributed by atoms with Crippen molar-refractivity contribution in [2.45, 2.75) is 43.7 Å². The number of carbonyl (C=O) groups is 1. The Kier molecular flexibility index (Phi) is 4.36. The average molecular weight is 242 g/mol. The molecule has 0 aromatic rings. The van der Waals surface area contributed by atoms with E-state index in [1.807, 2.05) is 0 Å². The molecule has 2 aliphatic rings. The quantitative estimate of drug-likeness (QED) is 0.602. The van der Waals surface area contributed by atoms with Crippen LogP contribution in [0.1, 0.15) is 32.1 Å². The molecule has 0 unspecified atom stereocenters. The van der Waals surface area contributed by atoms with Crippen LogP contribution in [0.3, 0.4) is 0 Å². The van der Waals surface area contributed by atoms with Gasteiger partial charge in [0.2, 0.25) is 5.91 Å². The van der Waals surface area contributed by atoms with Gasteiger partial charge in [-0.25, -0.2) is 0 Å². The number of nitrogens with one attached hydrogen (secondary N) is 2. The number of rotatable bonds is 6. The maximum Gasteiger partial charge on any atom is 0.222 e. The van der Waals surface area contributed by atoms with Crippen molar-refractivity contribution in [3.63, 3.8) is 0 Å². The molecule has 3 N–H and O–H groups in total. The van der Waals surface area contributed by atoms with E-state index in [1.54, 1.807) is 0 Å². The maximum absolute atomic E-state index is 11.6. The second-order valence-electron chi connectivity index (χ2n) is 5.06. The summed E-state index contributed by atoms with van der Waals surface area (Å²) in [5.74, 6) is -0.00881. The fourth-order valence-corrected chi connectivity index (χ4v) is 2.11. The minimum Gasteiger partial charge on any atom is -0.394 e. The van der Waals surface area contributed by atoms with Crippen molar-refractivity contribution >= 4 is 5.91 Å². The fourth-order valence-electron chi connectivity index (χ4n) is 2.11. The number of aliphatic hydroxyl groups excluding tert-OH is 1. The van der Waals surface area contributed by atoms with E-state index in [4.69, 9.17) is 9.84 Å². The van der Waals surface area contributed by atoms with Crippen LogP contribution in [-0.4, -0.2) is 49.0 Å². The van der Waals surface area contributed by atoms with E-state index >= 15 is 0 Å². The molecule has 0 atom stereocenters. The van der Waals surface area contributed by atoms with Gasteiger partial charge in [-0.05, 0) is 38.8 Å². The third-order valence-corrected chi connectivity index (χ3v) is 3.53. The first-order valence-electron chi connectivity index (χ1n) is 6.48. The van der Waals surface area contributed by atoms with Crippen molar-refractivity contribution in [2.24, 2.45) is 0 Å². The molecule has 0 bridgehead atoms. The lowest BCUT2D eigenvalue weighted by Gasteiger charge is -2.23. The van der Waals surface area contributed by atoms with Crippen molar-refractivity contribution < 1.29 is 14.6 Å². The number of ether oxygens (including phenoxy) is 1. The van der Waals surface area contributed by atoms with Crippen LogP contribution in [0, 0.1) is 0 Å². The molecule has 1 aliphatic heterocycles. The molecule has 1 amide bonds. The van der Waals surface area contributed by atoms with E-state index in [-0.39, 0.29) is 18.1 Å². The number of piperidine rings is 1. The van der Waals surface area contributed by atoms with E-state index in [2.05, 4.69) is 10.6 Å². The predicted octanol–water partition coefficient (Wildman–Crippen LogP) is -0.214. The van der Waals surface area contributed by atoms with Crippen LogP contribution in [-0.2, 0) is 9.53 Å². The van der Waals surface area contributed by atoms with E-state index in [9.17, 15) is 4.79 Å². The van der Waals surface area contributed by atoms with Gasteiger partial charge in [-0.3, -0.25) is 4.79 Å². The second-order valence-corrected chi connectivity index (χ2v) is 5.06. The normalized spacial score (nSPS) is 23.4. The zero-order valence-corrected chi connectivity index (χ0v) is 10.2. The number of aliphatic hydroxyl groups is 1. The summed E-state index contributed by atoms with van der Waals surface area (Å²) in [5, 5.41) is 15.2. The summed E-state index contributed by atoms with van der Waals surface area (Å²) >= 11 is 0. The number of carbonyl (C=O) groups excluding carboxylic acids is 1. The molecule has 5 heteroatoms. The van der Waals surface area contributed by atoms with E-state index < -0.39 is 0 Å². The Hall–Kier alpha value is -0.650. The first-order valence-corrected chi connectivity index (χ1v) is 6.48. The van der Waals surface area contributed by atoms with Gasteiger partial charge in [0.25, 0.3) is 0 Å². The minimum atomic E-state index is -0.300. The lowest BCUT2D eigenvalue weighted by atomic mass is 10.1. The Morgan fingerprint density at radius 1 is 1.41 bits per heavy atom. The van der Waals surface area contributed by atoms with Crippen molar-refractivity contribution in [1.29, 1.82) is 0 Å². The Labute approximate surface area is 102 Å². The van der Waals surface area contributed by atoms with Crippen molar-refractivity contribution in [2.75, 3.05) is 26.3 Å². The zero-order valence-electron chi connectivity index (χ0n) is 10.2. The summed E-state index contributed by atoms with van der Waals surface area (Å²) in [5.41, 5.74) is -0.300. The molecule has 98 valence electrons. The molecule has 2 fully saturated rings. The Bertz CT molecular complexity index is 260. The summed E-state index contributed by atoms with van der Waals surface area (Å²) in [6, 6.07) is 0. The summed E-state index contributed by atoms with van der Waals surface area (Å²) in [6.07, 6.45) is 4.54. The first kappa shape index (κ1) is 12.8. The van der Waals surface area contributed by atoms with Crippen LogP contribution < -0.4 is 10.6 Å². The monoisotopic (exact) mass is 242 g/mol. The average Bonchev–Trinajstić information content (AvgIpc) is 3.11. The Morgan fingerprint density at radius 2 is 2.12 bits per heavy atom. The number of hydrogen-bond acceptors (Lipinski definition) is 4. The molecule has 0 spiro atoms. The van der Waals surface area contributed by atoms with Crippen LogP contribution >= 0.6 is 0 Å². The smallest absolute Gasteiger partial charge is 0.222 e. The molecule has 1 heterocycles. The zero-order chi connectivity index (χ0) is 12.1. The van der Waals surface area contributed by atoms with Gasteiger partial charge in [-0.1, -0.05) is 0 Å². The highest BCUT2D eigenvalue weighted by Crippen LogP contribution is 2.34. The van der Waals surface area contributed by atoms with Gasteiger partial charge in [-0.15, -0.1) is 0 Å². The van der Waals surface area contributed by atoms with Crippen LogP contribution in [0.5, 0.6) is 0 Å². The van der Waals surface area contributed by atoms with Gasteiger partial charge < -0.3 is 20.5 Å². The highest BCUT2D eigenvalue weighted by molar-refractivity contribution is 5.77. The largest absolute Gasteiger partial charge is 0.394 e. The molecule has 5 nitrogen and oxygen atoms in total. The molecular weight excluding hydrogens is 220 g/mol. The molecule has 1 saturated heterocycles. The topological polar surface area (TPSA) is 70.6 Å². The summed E-state index contributed by atoms with van der Waals surface area (Å²) < 4.78 is 5.66. The Morgan fingerprint density at radius 3 is 2.71 bits per heavy atom. The van der Waals surface area contributed by atoms with Gasteiger partial charge >= 0.3 is 0 Å². The molecular formula is C12H22N2O3. The van der Waals surface area contributed by atoms with Crippen molar-refractivity contribution in [3.05, 3.63) is 0 Å². The maximum atomic E-state index is 11.6. The highest BCUT2D eigenvalue weighted by Gasteiger charge is 2.43. The van der Waals surface area contributed by atoms with E-state index in [0.29, 0.717) is 19.1 Å². The standard InChI is InChI=1S/C12H22N2O3/c15-9-12(4-5-12)14-11(16)3-8-17-10-1-6-13-7-2-10/h10,13,15H,1-9H2,(H,14,16). The third kappa shape index (κ3) is 3.94. The Balaban J connectivity index is 1.56. The molecule has 0 aromatic heterocycles. The van der Waals surface area contributed by atoms with E-state index in [1.165, 1.54) is 0 Å². The molecule has 1 saturated carbocycles. The third-order valence-electron chi connectivity index (χ3n) is 3.53. The molecule has 1 aliphatic carbocycles. The lowest BCUT2D eigenvalue weighted by Crippen LogP contribution is -2.40. The summed E-state index contributed by atoms with van der Waals surface area (Å²) in [4.78, 5) is 11.6. The first-order chi connectivity index (χ1) is 8.24.